The SMILES string of the molecule is CN(CC(=O)N1CC(CO)Cc2cccc(F)c21)c1ccccc1. The zero-order chi connectivity index (χ0) is 17.1. The molecule has 0 aliphatic carbocycles. The zero-order valence-corrected chi connectivity index (χ0v) is 13.7. The van der Waals surface area contributed by atoms with Gasteiger partial charge in [0.25, 0.3) is 0 Å². The molecule has 0 aromatic heterocycles. The van der Waals surface area contributed by atoms with E-state index in [1.54, 1.807) is 6.07 Å². The standard InChI is InChI=1S/C19H21FN2O2/c1-21(16-7-3-2-4-8-16)12-18(24)22-11-14(13-23)10-15-6-5-9-17(20)19(15)22/h2-9,14,23H,10-13H2,1H3. The second-order valence-corrected chi connectivity index (χ2v) is 6.20. The van der Waals surface area contributed by atoms with Crippen LogP contribution in [0.1, 0.15) is 5.56 Å². The van der Waals surface area contributed by atoms with Gasteiger partial charge in [0, 0.05) is 31.8 Å². The van der Waals surface area contributed by atoms with E-state index < -0.39 is 0 Å². The van der Waals surface area contributed by atoms with Gasteiger partial charge in [-0.2, -0.15) is 0 Å². The van der Waals surface area contributed by atoms with Crippen LogP contribution >= 0.6 is 0 Å². The summed E-state index contributed by atoms with van der Waals surface area (Å²) in [6.45, 7) is 0.468. The van der Waals surface area contributed by atoms with Gasteiger partial charge in [-0.3, -0.25) is 4.79 Å². The highest BCUT2D eigenvalue weighted by atomic mass is 19.1. The highest BCUT2D eigenvalue weighted by molar-refractivity contribution is 5.97. The fourth-order valence-electron chi connectivity index (χ4n) is 3.16. The molecule has 1 aliphatic rings. The van der Waals surface area contributed by atoms with Crippen molar-refractivity contribution in [3.63, 3.8) is 0 Å². The Labute approximate surface area is 141 Å². The molecule has 0 bridgehead atoms. The number of rotatable bonds is 4. The summed E-state index contributed by atoms with van der Waals surface area (Å²) in [5, 5.41) is 9.50. The number of likely N-dealkylation sites (N-methyl/N-ethyl adjacent to an activating group) is 1. The summed E-state index contributed by atoms with van der Waals surface area (Å²) >= 11 is 0. The van der Waals surface area contributed by atoms with E-state index in [1.165, 1.54) is 11.0 Å². The number of halogens is 1. The number of aliphatic hydroxyl groups is 1. The summed E-state index contributed by atoms with van der Waals surface area (Å²) in [6.07, 6.45) is 0.585. The van der Waals surface area contributed by atoms with Crippen LogP contribution in [0.15, 0.2) is 48.5 Å². The normalized spacial score (nSPS) is 16.6. The lowest BCUT2D eigenvalue weighted by molar-refractivity contribution is -0.117. The molecule has 1 aliphatic heterocycles. The molecule has 0 fully saturated rings. The number of amides is 1. The van der Waals surface area contributed by atoms with Gasteiger partial charge in [-0.25, -0.2) is 4.39 Å². The lowest BCUT2D eigenvalue weighted by Crippen LogP contribution is -2.45. The minimum Gasteiger partial charge on any atom is -0.396 e. The molecule has 1 atom stereocenters. The molecular formula is C19H21FN2O2. The maximum atomic E-state index is 14.3. The summed E-state index contributed by atoms with van der Waals surface area (Å²) in [7, 11) is 1.84. The van der Waals surface area contributed by atoms with Crippen LogP contribution in [0.5, 0.6) is 0 Å². The van der Waals surface area contributed by atoms with Crippen molar-refractivity contribution in [2.24, 2.45) is 5.92 Å². The number of aliphatic hydroxyl groups excluding tert-OH is 1. The first-order valence-electron chi connectivity index (χ1n) is 8.05. The minimum atomic E-state index is -0.389. The Morgan fingerprint density at radius 3 is 2.71 bits per heavy atom. The fourth-order valence-corrected chi connectivity index (χ4v) is 3.16. The molecule has 0 spiro atoms. The van der Waals surface area contributed by atoms with Gasteiger partial charge in [-0.05, 0) is 30.2 Å². The van der Waals surface area contributed by atoms with Gasteiger partial charge in [0.15, 0.2) is 0 Å². The third-order valence-electron chi connectivity index (χ3n) is 4.42. The molecule has 1 amide bonds. The summed E-state index contributed by atoms with van der Waals surface area (Å²) in [6, 6.07) is 14.4. The summed E-state index contributed by atoms with van der Waals surface area (Å²) in [5.74, 6) is -0.629. The van der Waals surface area contributed by atoms with E-state index in [4.69, 9.17) is 0 Å². The Morgan fingerprint density at radius 2 is 2.00 bits per heavy atom. The molecular weight excluding hydrogens is 307 g/mol. The Kier molecular flexibility index (Phi) is 4.81. The predicted octanol–water partition coefficient (Wildman–Crippen LogP) is 2.46. The largest absolute Gasteiger partial charge is 0.396 e. The van der Waals surface area contributed by atoms with Crippen LogP contribution < -0.4 is 9.80 Å². The van der Waals surface area contributed by atoms with Gasteiger partial charge in [0.1, 0.15) is 5.82 Å². The summed E-state index contributed by atoms with van der Waals surface area (Å²) in [5.41, 5.74) is 2.06. The van der Waals surface area contributed by atoms with Crippen molar-refractivity contribution < 1.29 is 14.3 Å². The average Bonchev–Trinajstić information content (AvgIpc) is 2.61. The fraction of sp³-hybridized carbons (Fsp3) is 0.316. The molecule has 4 nitrogen and oxygen atoms in total. The van der Waals surface area contributed by atoms with Crippen molar-refractivity contribution in [3.8, 4) is 0 Å². The van der Waals surface area contributed by atoms with Gasteiger partial charge in [0.05, 0.1) is 12.2 Å². The van der Waals surface area contributed by atoms with Crippen LogP contribution in [-0.2, 0) is 11.2 Å². The molecule has 1 heterocycles. The van der Waals surface area contributed by atoms with Crippen molar-refractivity contribution in [2.45, 2.75) is 6.42 Å². The average molecular weight is 328 g/mol. The third kappa shape index (κ3) is 3.26. The van der Waals surface area contributed by atoms with Crippen molar-refractivity contribution >= 4 is 17.3 Å². The first kappa shape index (κ1) is 16.5. The highest BCUT2D eigenvalue weighted by Gasteiger charge is 2.30. The van der Waals surface area contributed by atoms with Crippen LogP contribution in [0.25, 0.3) is 0 Å². The third-order valence-corrected chi connectivity index (χ3v) is 4.42. The molecule has 126 valence electrons. The second kappa shape index (κ2) is 7.01. The van der Waals surface area contributed by atoms with Crippen molar-refractivity contribution in [1.82, 2.24) is 0 Å². The number of hydrogen-bond acceptors (Lipinski definition) is 3. The number of carbonyl (C=O) groups is 1. The Morgan fingerprint density at radius 1 is 1.25 bits per heavy atom. The van der Waals surface area contributed by atoms with Crippen molar-refractivity contribution in [1.29, 1.82) is 0 Å². The maximum absolute atomic E-state index is 14.3. The number of carbonyl (C=O) groups excluding carboxylic acids is 1. The molecule has 1 N–H and O–H groups in total. The molecule has 0 radical (unpaired) electrons. The quantitative estimate of drug-likeness (QED) is 0.938. The number of anilines is 2. The van der Waals surface area contributed by atoms with Gasteiger partial charge in [-0.15, -0.1) is 0 Å². The van der Waals surface area contributed by atoms with E-state index >= 15 is 0 Å². The first-order valence-corrected chi connectivity index (χ1v) is 8.05. The van der Waals surface area contributed by atoms with Crippen LogP contribution in [0.2, 0.25) is 0 Å². The zero-order valence-electron chi connectivity index (χ0n) is 13.7. The highest BCUT2D eigenvalue weighted by Crippen LogP contribution is 2.32. The van der Waals surface area contributed by atoms with E-state index in [0.717, 1.165) is 11.3 Å². The Balaban J connectivity index is 1.84. The maximum Gasteiger partial charge on any atom is 0.246 e. The molecule has 0 saturated heterocycles. The molecule has 3 rings (SSSR count). The number of benzene rings is 2. The molecule has 2 aromatic carbocycles. The van der Waals surface area contributed by atoms with Gasteiger partial charge < -0.3 is 14.9 Å². The summed E-state index contributed by atoms with van der Waals surface area (Å²) < 4.78 is 14.3. The predicted molar refractivity (Wildman–Crippen MR) is 92.7 cm³/mol. The monoisotopic (exact) mass is 328 g/mol. The lowest BCUT2D eigenvalue weighted by Gasteiger charge is -2.35. The van der Waals surface area contributed by atoms with Crippen molar-refractivity contribution in [3.05, 3.63) is 59.9 Å². The van der Waals surface area contributed by atoms with Crippen LogP contribution in [0.3, 0.4) is 0 Å². The van der Waals surface area contributed by atoms with E-state index in [2.05, 4.69) is 0 Å². The molecule has 24 heavy (non-hydrogen) atoms. The Bertz CT molecular complexity index is 721. The summed E-state index contributed by atoms with van der Waals surface area (Å²) in [4.78, 5) is 16.1. The van der Waals surface area contributed by atoms with Crippen molar-refractivity contribution in [2.75, 3.05) is 36.5 Å². The first-order chi connectivity index (χ1) is 11.6. The Hall–Kier alpha value is -2.40. The van der Waals surface area contributed by atoms with E-state index in [-0.39, 0.29) is 30.8 Å². The number of hydrogen-bond donors (Lipinski definition) is 1. The van der Waals surface area contributed by atoms with Crippen LogP contribution in [-0.4, -0.2) is 37.8 Å². The minimum absolute atomic E-state index is 0.0196. The second-order valence-electron chi connectivity index (χ2n) is 6.20. The van der Waals surface area contributed by atoms with Crippen LogP contribution in [0.4, 0.5) is 15.8 Å². The lowest BCUT2D eigenvalue weighted by atomic mass is 9.92. The molecule has 2 aromatic rings. The number of fused-ring (bicyclic) bond motifs is 1. The number of para-hydroxylation sites is 2. The van der Waals surface area contributed by atoms with E-state index in [0.29, 0.717) is 18.7 Å². The molecule has 0 saturated carbocycles. The molecule has 1 unspecified atom stereocenters. The van der Waals surface area contributed by atoms with E-state index in [9.17, 15) is 14.3 Å². The smallest absolute Gasteiger partial charge is 0.246 e. The van der Waals surface area contributed by atoms with Gasteiger partial charge in [-0.1, -0.05) is 30.3 Å². The van der Waals surface area contributed by atoms with E-state index in [1.807, 2.05) is 48.3 Å². The topological polar surface area (TPSA) is 43.8 Å². The van der Waals surface area contributed by atoms with Gasteiger partial charge in [0.2, 0.25) is 5.91 Å². The number of nitrogens with zero attached hydrogens (tertiary/aromatic N) is 2. The van der Waals surface area contributed by atoms with Crippen LogP contribution in [0, 0.1) is 11.7 Å². The van der Waals surface area contributed by atoms with Gasteiger partial charge >= 0.3 is 0 Å². The molecule has 5 heteroatoms.